The van der Waals surface area contributed by atoms with Gasteiger partial charge in [0, 0.05) is 29.1 Å². The fraction of sp³-hybridized carbons (Fsp3) is 0. The molecule has 0 aliphatic carbocycles. The van der Waals surface area contributed by atoms with Gasteiger partial charge < -0.3 is 5.32 Å². The molecule has 1 aliphatic rings. The number of pyridine rings is 1. The number of hydrogen-bond donors (Lipinski definition) is 1. The van der Waals surface area contributed by atoms with Crippen LogP contribution in [-0.4, -0.2) is 16.7 Å². The summed E-state index contributed by atoms with van der Waals surface area (Å²) < 4.78 is 0. The second-order valence-electron chi connectivity index (χ2n) is 5.87. The topological polar surface area (TPSA) is 59.1 Å². The fourth-order valence-corrected chi connectivity index (χ4v) is 3.20. The number of aromatic nitrogens is 1. The van der Waals surface area contributed by atoms with E-state index in [1.165, 1.54) is 12.3 Å². The monoisotopic (exact) mass is 360 g/mol. The summed E-state index contributed by atoms with van der Waals surface area (Å²) in [6, 6.07) is 16.6. The molecular formula is C21H13ClN2O2. The number of anilines is 1. The number of ketones is 1. The Labute approximate surface area is 155 Å². The number of carbonyl (C=O) groups excluding carboxylic acids is 2. The number of hydrogen-bond acceptors (Lipinski definition) is 3. The fourth-order valence-electron chi connectivity index (χ4n) is 2.92. The van der Waals surface area contributed by atoms with E-state index in [1.54, 1.807) is 30.5 Å². The van der Waals surface area contributed by atoms with Gasteiger partial charge in [0.25, 0.3) is 5.91 Å². The van der Waals surface area contributed by atoms with E-state index in [2.05, 4.69) is 10.3 Å². The summed E-state index contributed by atoms with van der Waals surface area (Å²) in [7, 11) is 0. The van der Waals surface area contributed by atoms with Crippen LogP contribution in [0.2, 0.25) is 5.02 Å². The lowest BCUT2D eigenvalue weighted by Crippen LogP contribution is -2.06. The van der Waals surface area contributed by atoms with Crippen LogP contribution in [0.3, 0.4) is 0 Å². The van der Waals surface area contributed by atoms with Gasteiger partial charge in [-0.1, -0.05) is 48.0 Å². The molecule has 1 aliphatic heterocycles. The van der Waals surface area contributed by atoms with Crippen LogP contribution in [0.5, 0.6) is 0 Å². The van der Waals surface area contributed by atoms with Gasteiger partial charge in [-0.05, 0) is 29.8 Å². The van der Waals surface area contributed by atoms with Crippen molar-refractivity contribution in [2.45, 2.75) is 0 Å². The highest BCUT2D eigenvalue weighted by Crippen LogP contribution is 2.37. The Hall–Kier alpha value is -3.24. The van der Waals surface area contributed by atoms with Gasteiger partial charge >= 0.3 is 0 Å². The predicted octanol–water partition coefficient (Wildman–Crippen LogP) is 4.62. The quantitative estimate of drug-likeness (QED) is 0.547. The molecule has 1 N–H and O–H groups in total. The van der Waals surface area contributed by atoms with Crippen molar-refractivity contribution in [1.29, 1.82) is 0 Å². The molecule has 0 spiro atoms. The molecular weight excluding hydrogens is 348 g/mol. The zero-order valence-electron chi connectivity index (χ0n) is 13.6. The molecule has 26 heavy (non-hydrogen) atoms. The zero-order chi connectivity index (χ0) is 18.1. The van der Waals surface area contributed by atoms with Crippen LogP contribution < -0.4 is 5.32 Å². The van der Waals surface area contributed by atoms with Gasteiger partial charge in [-0.3, -0.25) is 14.6 Å². The van der Waals surface area contributed by atoms with Crippen molar-refractivity contribution in [1.82, 2.24) is 4.98 Å². The molecule has 5 heteroatoms. The Bertz CT molecular complexity index is 1060. The third kappa shape index (κ3) is 2.91. The molecule has 0 fully saturated rings. The molecule has 1 aromatic heterocycles. The first-order chi connectivity index (χ1) is 12.6. The number of rotatable bonds is 3. The molecule has 0 saturated heterocycles. The molecule has 3 aromatic rings. The average molecular weight is 361 g/mol. The highest BCUT2D eigenvalue weighted by atomic mass is 35.5. The number of fused-ring (bicyclic) bond motifs is 1. The van der Waals surface area contributed by atoms with Crippen LogP contribution in [0.1, 0.15) is 15.9 Å². The predicted molar refractivity (Wildman–Crippen MR) is 102 cm³/mol. The minimum Gasteiger partial charge on any atom is -0.321 e. The van der Waals surface area contributed by atoms with E-state index in [4.69, 9.17) is 11.6 Å². The maximum absolute atomic E-state index is 12.7. The first-order valence-corrected chi connectivity index (χ1v) is 8.38. The third-order valence-electron chi connectivity index (χ3n) is 4.18. The van der Waals surface area contributed by atoms with Crippen molar-refractivity contribution < 1.29 is 9.59 Å². The summed E-state index contributed by atoms with van der Waals surface area (Å²) >= 11 is 6.21. The lowest BCUT2D eigenvalue weighted by molar-refractivity contribution is -0.110. The van der Waals surface area contributed by atoms with Crippen LogP contribution in [0.4, 0.5) is 5.69 Å². The molecule has 4 rings (SSSR count). The summed E-state index contributed by atoms with van der Waals surface area (Å²) in [6.45, 7) is 0. The van der Waals surface area contributed by atoms with E-state index < -0.39 is 0 Å². The average Bonchev–Trinajstić information content (AvgIpc) is 2.99. The first-order valence-electron chi connectivity index (χ1n) is 8.00. The zero-order valence-corrected chi connectivity index (χ0v) is 14.3. The largest absolute Gasteiger partial charge is 0.321 e. The summed E-state index contributed by atoms with van der Waals surface area (Å²) in [5, 5.41) is 3.15. The Balaban J connectivity index is 1.72. The van der Waals surface area contributed by atoms with Crippen LogP contribution in [-0.2, 0) is 4.79 Å². The smallest absolute Gasteiger partial charge is 0.256 e. The molecule has 0 saturated carbocycles. The molecule has 0 atom stereocenters. The number of carbonyl (C=O) groups is 2. The van der Waals surface area contributed by atoms with Gasteiger partial charge in [-0.2, -0.15) is 0 Å². The van der Waals surface area contributed by atoms with Crippen LogP contribution in [0, 0.1) is 0 Å². The molecule has 1 amide bonds. The summed E-state index contributed by atoms with van der Waals surface area (Å²) in [4.78, 5) is 29.1. The SMILES string of the molecule is O=C1Nc2cccc(Cl)c2C1=CC(=O)c1cncc(-c2ccccc2)c1. The standard InChI is InChI=1S/C21H13ClN2O2/c22-17-7-4-8-18-20(17)16(21(26)24-18)10-19(25)15-9-14(11-23-12-15)13-5-2-1-3-6-13/h1-12H,(H,24,26). The summed E-state index contributed by atoms with van der Waals surface area (Å²) in [5.74, 6) is -0.637. The van der Waals surface area contributed by atoms with Crippen molar-refractivity contribution >= 4 is 34.6 Å². The first kappa shape index (κ1) is 16.2. The van der Waals surface area contributed by atoms with E-state index in [0.717, 1.165) is 11.1 Å². The van der Waals surface area contributed by atoms with E-state index in [1.807, 2.05) is 30.3 Å². The lowest BCUT2D eigenvalue weighted by Gasteiger charge is -2.04. The normalized spacial score (nSPS) is 14.2. The van der Waals surface area contributed by atoms with Gasteiger partial charge in [0.1, 0.15) is 0 Å². The van der Waals surface area contributed by atoms with Gasteiger partial charge in [0.2, 0.25) is 0 Å². The van der Waals surface area contributed by atoms with E-state index in [0.29, 0.717) is 21.8 Å². The van der Waals surface area contributed by atoms with Crippen molar-refractivity contribution in [3.05, 3.63) is 89.2 Å². The Morgan fingerprint density at radius 1 is 1.00 bits per heavy atom. The summed E-state index contributed by atoms with van der Waals surface area (Å²) in [6.07, 6.45) is 4.51. The number of nitrogens with one attached hydrogen (secondary N) is 1. The number of allylic oxidation sites excluding steroid dienone is 1. The second kappa shape index (κ2) is 6.58. The van der Waals surface area contributed by atoms with Crippen LogP contribution >= 0.6 is 11.6 Å². The van der Waals surface area contributed by atoms with E-state index >= 15 is 0 Å². The van der Waals surface area contributed by atoms with Crippen molar-refractivity contribution in [3.63, 3.8) is 0 Å². The number of benzene rings is 2. The molecule has 126 valence electrons. The Kier molecular flexibility index (Phi) is 4.11. The minimum absolute atomic E-state index is 0.265. The van der Waals surface area contributed by atoms with Gasteiger partial charge in [0.15, 0.2) is 5.78 Å². The second-order valence-corrected chi connectivity index (χ2v) is 6.27. The van der Waals surface area contributed by atoms with E-state index in [9.17, 15) is 9.59 Å². The Morgan fingerprint density at radius 2 is 1.81 bits per heavy atom. The van der Waals surface area contributed by atoms with Crippen molar-refractivity contribution in [3.8, 4) is 11.1 Å². The minimum atomic E-state index is -0.339. The van der Waals surface area contributed by atoms with Crippen molar-refractivity contribution in [2.75, 3.05) is 5.32 Å². The number of amides is 1. The molecule has 0 radical (unpaired) electrons. The third-order valence-corrected chi connectivity index (χ3v) is 4.50. The number of nitrogens with zero attached hydrogens (tertiary/aromatic N) is 1. The molecule has 0 unspecified atom stereocenters. The highest BCUT2D eigenvalue weighted by Gasteiger charge is 2.27. The maximum Gasteiger partial charge on any atom is 0.256 e. The molecule has 2 aromatic carbocycles. The molecule has 0 bridgehead atoms. The van der Waals surface area contributed by atoms with Crippen molar-refractivity contribution in [2.24, 2.45) is 0 Å². The van der Waals surface area contributed by atoms with Gasteiger partial charge in [0.05, 0.1) is 16.3 Å². The van der Waals surface area contributed by atoms with Crippen LogP contribution in [0.15, 0.2) is 73.1 Å². The molecule has 4 nitrogen and oxygen atoms in total. The van der Waals surface area contributed by atoms with Gasteiger partial charge in [-0.25, -0.2) is 0 Å². The Morgan fingerprint density at radius 3 is 2.62 bits per heavy atom. The van der Waals surface area contributed by atoms with E-state index in [-0.39, 0.29) is 17.3 Å². The summed E-state index contributed by atoms with van der Waals surface area (Å²) in [5.41, 5.74) is 3.64. The molecule has 2 heterocycles. The van der Waals surface area contributed by atoms with Crippen LogP contribution in [0.25, 0.3) is 16.7 Å². The van der Waals surface area contributed by atoms with Gasteiger partial charge in [-0.15, -0.1) is 0 Å². The lowest BCUT2D eigenvalue weighted by atomic mass is 10.0. The highest BCUT2D eigenvalue weighted by molar-refractivity contribution is 6.41. The maximum atomic E-state index is 12.7. The number of halogens is 1.